The molecule has 0 bridgehead atoms. The highest BCUT2D eigenvalue weighted by Gasteiger charge is 2.32. The lowest BCUT2D eigenvalue weighted by Gasteiger charge is -2.28. The minimum atomic E-state index is -1.16. The van der Waals surface area contributed by atoms with Crippen LogP contribution in [-0.4, -0.2) is 56.5 Å². The Bertz CT molecular complexity index is 1360. The third-order valence-electron chi connectivity index (χ3n) is 5.44. The van der Waals surface area contributed by atoms with Gasteiger partial charge in [0.25, 0.3) is 0 Å². The van der Waals surface area contributed by atoms with E-state index in [9.17, 15) is 14.7 Å². The van der Waals surface area contributed by atoms with Crippen molar-refractivity contribution in [2.75, 3.05) is 26.9 Å². The minimum Gasteiger partial charge on any atom is -0.490 e. The van der Waals surface area contributed by atoms with Crippen LogP contribution in [0.1, 0.15) is 31.0 Å². The number of rotatable bonds is 12. The Morgan fingerprint density at radius 1 is 1.30 bits per heavy atom. The number of methoxy groups -OCH3 is 1. The van der Waals surface area contributed by atoms with Crippen molar-refractivity contribution in [3.8, 4) is 29.6 Å². The zero-order chi connectivity index (χ0) is 29.2. The maximum absolute atomic E-state index is 12.4. The number of allylic oxidation sites excluding steroid dienone is 1. The zero-order valence-corrected chi connectivity index (χ0v) is 25.7. The van der Waals surface area contributed by atoms with E-state index in [0.29, 0.717) is 40.7 Å². The van der Waals surface area contributed by atoms with Crippen molar-refractivity contribution < 1.29 is 33.6 Å². The van der Waals surface area contributed by atoms with Crippen LogP contribution in [0.3, 0.4) is 0 Å². The maximum Gasteiger partial charge on any atom is 0.337 e. The molecule has 11 nitrogen and oxygen atoms in total. The van der Waals surface area contributed by atoms with Crippen LogP contribution in [-0.2, 0) is 9.53 Å². The summed E-state index contributed by atoms with van der Waals surface area (Å²) in [5.74, 6) is 3.15. The Hall–Kier alpha value is -3.48. The molecule has 0 aliphatic carbocycles. The van der Waals surface area contributed by atoms with Gasteiger partial charge in [-0.05, 0) is 66.3 Å². The van der Waals surface area contributed by atoms with Gasteiger partial charge in [0, 0.05) is 15.7 Å². The lowest BCUT2D eigenvalue weighted by Crippen LogP contribution is -2.45. The van der Waals surface area contributed by atoms with Crippen molar-refractivity contribution in [1.82, 2.24) is 16.1 Å². The fraction of sp³-hybridized carbons (Fsp3) is 0.296. The number of hydrazone groups is 1. The van der Waals surface area contributed by atoms with Gasteiger partial charge < -0.3 is 34.7 Å². The number of aliphatic hydroxyl groups excluding tert-OH is 1. The second-order valence-corrected chi connectivity index (χ2v) is 10.3. The zero-order valence-electron chi connectivity index (χ0n) is 21.9. The molecule has 13 heteroatoms. The quantitative estimate of drug-likeness (QED) is 0.0651. The van der Waals surface area contributed by atoms with E-state index >= 15 is 0 Å². The van der Waals surface area contributed by atoms with Crippen LogP contribution in [0, 0.1) is 15.9 Å². The predicted octanol–water partition coefficient (Wildman–Crippen LogP) is 3.59. The smallest absolute Gasteiger partial charge is 0.337 e. The van der Waals surface area contributed by atoms with Crippen LogP contribution in [0.15, 0.2) is 51.2 Å². The Balaban J connectivity index is 1.72. The van der Waals surface area contributed by atoms with Crippen molar-refractivity contribution in [2.45, 2.75) is 26.1 Å². The third kappa shape index (κ3) is 8.03. The van der Waals surface area contributed by atoms with E-state index in [2.05, 4.69) is 65.6 Å². The van der Waals surface area contributed by atoms with Crippen molar-refractivity contribution >= 4 is 56.7 Å². The lowest BCUT2D eigenvalue weighted by atomic mass is 9.95. The monoisotopic (exact) mass is 726 g/mol. The summed E-state index contributed by atoms with van der Waals surface area (Å²) in [6, 6.07) is 7.47. The number of nitrogens with one attached hydrogen (secondary N) is 3. The molecule has 0 saturated heterocycles. The number of ether oxygens (including phenoxy) is 4. The molecule has 4 N–H and O–H groups in total. The Morgan fingerprint density at radius 2 is 2.08 bits per heavy atom. The van der Waals surface area contributed by atoms with Gasteiger partial charge in [0.05, 0.1) is 35.1 Å². The number of esters is 1. The van der Waals surface area contributed by atoms with Gasteiger partial charge in [0.2, 0.25) is 0 Å². The number of hydrogen-bond acceptors (Lipinski definition) is 9. The molecule has 2 aromatic rings. The molecule has 212 valence electrons. The van der Waals surface area contributed by atoms with E-state index in [4.69, 9.17) is 25.4 Å². The molecule has 3 rings (SSSR count). The summed E-state index contributed by atoms with van der Waals surface area (Å²) in [4.78, 5) is 24.5. The number of nitrogens with zero attached hydrogens (tertiary/aromatic N) is 1. The van der Waals surface area contributed by atoms with Crippen LogP contribution in [0.5, 0.6) is 17.2 Å². The number of hydrogen-bond donors (Lipinski definition) is 4. The molecule has 0 aromatic heterocycles. The van der Waals surface area contributed by atoms with Gasteiger partial charge in [-0.2, -0.15) is 5.10 Å². The summed E-state index contributed by atoms with van der Waals surface area (Å²) in [5, 5.41) is 19.8. The van der Waals surface area contributed by atoms with Gasteiger partial charge in [0.1, 0.15) is 19.0 Å². The van der Waals surface area contributed by atoms with Crippen LogP contribution in [0.4, 0.5) is 4.79 Å². The number of urea groups is 1. The van der Waals surface area contributed by atoms with E-state index < -0.39 is 24.3 Å². The van der Waals surface area contributed by atoms with Gasteiger partial charge in [-0.3, -0.25) is 5.43 Å². The van der Waals surface area contributed by atoms with Gasteiger partial charge >= 0.3 is 12.0 Å². The van der Waals surface area contributed by atoms with E-state index in [1.165, 1.54) is 13.3 Å². The first-order chi connectivity index (χ1) is 19.2. The van der Waals surface area contributed by atoms with Crippen molar-refractivity contribution in [2.24, 2.45) is 5.10 Å². The molecule has 40 heavy (non-hydrogen) atoms. The summed E-state index contributed by atoms with van der Waals surface area (Å²) in [7, 11) is 1.27. The van der Waals surface area contributed by atoms with E-state index in [0.717, 1.165) is 8.04 Å². The second-order valence-electron chi connectivity index (χ2n) is 8.21. The molecule has 0 fully saturated rings. The number of amides is 2. The molecule has 0 radical (unpaired) electrons. The summed E-state index contributed by atoms with van der Waals surface area (Å²) in [6.45, 7) is 3.70. The number of carbonyl (C=O) groups is 2. The number of carbonyl (C=O) groups excluding carboxylic acids is 2. The molecule has 2 amide bonds. The normalized spacial score (nSPS) is 15.5. The molecule has 1 heterocycles. The van der Waals surface area contributed by atoms with Crippen molar-refractivity contribution in [3.05, 3.63) is 60.8 Å². The average Bonchev–Trinajstić information content (AvgIpc) is 2.91. The molecule has 1 aliphatic heterocycles. The summed E-state index contributed by atoms with van der Waals surface area (Å²) in [5.41, 5.74) is 4.50. The Labute approximate surface area is 253 Å². The predicted molar refractivity (Wildman–Crippen MR) is 160 cm³/mol. The summed E-state index contributed by atoms with van der Waals surface area (Å²) in [6.07, 6.45) is 5.65. The Kier molecular flexibility index (Phi) is 11.5. The van der Waals surface area contributed by atoms with Crippen LogP contribution in [0.2, 0.25) is 0 Å². The molecule has 0 unspecified atom stereocenters. The topological polar surface area (TPSA) is 140 Å². The number of benzene rings is 2. The van der Waals surface area contributed by atoms with E-state index in [1.807, 2.05) is 19.1 Å². The molecule has 0 saturated carbocycles. The molecule has 2 atom stereocenters. The maximum atomic E-state index is 12.4. The highest BCUT2D eigenvalue weighted by molar-refractivity contribution is 14.1. The van der Waals surface area contributed by atoms with Crippen LogP contribution < -0.4 is 30.3 Å². The molecule has 2 aromatic carbocycles. The van der Waals surface area contributed by atoms with Gasteiger partial charge in [-0.1, -0.05) is 27.9 Å². The van der Waals surface area contributed by atoms with Gasteiger partial charge in [0.15, 0.2) is 17.7 Å². The van der Waals surface area contributed by atoms with Crippen molar-refractivity contribution in [3.63, 3.8) is 0 Å². The second kappa shape index (κ2) is 14.8. The van der Waals surface area contributed by atoms with Crippen LogP contribution >= 0.6 is 38.5 Å². The van der Waals surface area contributed by atoms with E-state index in [1.54, 1.807) is 25.1 Å². The Morgan fingerprint density at radius 3 is 2.77 bits per heavy atom. The molecular formula is C27H28BrIN4O7. The first-order valence-electron chi connectivity index (χ1n) is 12.0. The van der Waals surface area contributed by atoms with Gasteiger partial charge in [-0.15, -0.1) is 6.42 Å². The van der Waals surface area contributed by atoms with Gasteiger partial charge in [-0.25, -0.2) is 9.59 Å². The molecular weight excluding hydrogens is 699 g/mol. The minimum absolute atomic E-state index is 0.104. The highest BCUT2D eigenvalue weighted by atomic mass is 127. The van der Waals surface area contributed by atoms with Crippen LogP contribution in [0.25, 0.3) is 0 Å². The van der Waals surface area contributed by atoms with E-state index in [-0.39, 0.29) is 18.8 Å². The third-order valence-corrected chi connectivity index (χ3v) is 6.70. The average molecular weight is 727 g/mol. The number of aliphatic hydroxyl groups is 1. The highest BCUT2D eigenvalue weighted by Crippen LogP contribution is 2.35. The summed E-state index contributed by atoms with van der Waals surface area (Å²) >= 11 is 5.58. The summed E-state index contributed by atoms with van der Waals surface area (Å²) < 4.78 is 23.7. The fourth-order valence-electron chi connectivity index (χ4n) is 3.76. The number of terminal acetylenes is 1. The SMILES string of the molecule is C#CCOc1c(I)cc(Br)cc1/C=N/N[C@@H](O)COc1ccc([C@@H]2NC(=O)NC(C)=C2C(=O)OC)cc1OCC. The molecule has 1 aliphatic rings. The lowest BCUT2D eigenvalue weighted by molar-refractivity contribution is -0.136. The largest absolute Gasteiger partial charge is 0.490 e. The fourth-order valence-corrected chi connectivity index (χ4v) is 5.46. The number of halogens is 2. The first-order valence-corrected chi connectivity index (χ1v) is 13.8. The van der Waals surface area contributed by atoms with Crippen molar-refractivity contribution in [1.29, 1.82) is 0 Å². The first kappa shape index (κ1) is 31.1. The standard InChI is InChI=1S/C27H28BrIN4O7/c1-5-9-39-25-17(10-18(28)12-19(25)29)13-30-33-22(34)14-40-20-8-7-16(11-21(20)38-6-2)24-23(26(35)37-4)15(3)31-27(36)32-24/h1,7-8,10-13,22,24,33-34H,6,9,14H2,2-4H3,(H2,31,32,36)/b30-13+/t22-,24-/m0/s1. The molecule has 0 spiro atoms.